The van der Waals surface area contributed by atoms with Crippen molar-refractivity contribution in [3.63, 3.8) is 0 Å². The molecule has 0 radical (unpaired) electrons. The van der Waals surface area contributed by atoms with Crippen molar-refractivity contribution in [2.24, 2.45) is 5.92 Å². The van der Waals surface area contributed by atoms with Gasteiger partial charge in [-0.1, -0.05) is 25.3 Å². The van der Waals surface area contributed by atoms with Crippen molar-refractivity contribution < 1.29 is 0 Å². The van der Waals surface area contributed by atoms with Crippen LogP contribution in [-0.4, -0.2) is 29.2 Å². The zero-order chi connectivity index (χ0) is 11.8. The maximum Gasteiger partial charge on any atom is 0.0797 e. The normalized spacial score (nSPS) is 11.2. The largest absolute Gasteiger partial charge is 0.315 e. The first-order valence-corrected chi connectivity index (χ1v) is 6.73. The Morgan fingerprint density at radius 3 is 2.69 bits per heavy atom. The summed E-state index contributed by atoms with van der Waals surface area (Å²) < 4.78 is 3.97. The SMILES string of the molecule is CCc1nnsc1CNCCNCC(C)C. The molecule has 0 amide bonds. The number of aryl methyl sites for hydroxylation is 1. The summed E-state index contributed by atoms with van der Waals surface area (Å²) in [6.07, 6.45) is 0.971. The van der Waals surface area contributed by atoms with Crippen LogP contribution < -0.4 is 10.6 Å². The number of nitrogens with one attached hydrogen (secondary N) is 2. The van der Waals surface area contributed by atoms with Gasteiger partial charge in [0.15, 0.2) is 0 Å². The van der Waals surface area contributed by atoms with Gasteiger partial charge in [-0.2, -0.15) is 0 Å². The van der Waals surface area contributed by atoms with Gasteiger partial charge in [-0.15, -0.1) is 5.10 Å². The molecule has 1 heterocycles. The molecule has 5 heteroatoms. The van der Waals surface area contributed by atoms with Gasteiger partial charge >= 0.3 is 0 Å². The maximum absolute atomic E-state index is 4.09. The number of rotatable bonds is 8. The van der Waals surface area contributed by atoms with E-state index in [-0.39, 0.29) is 0 Å². The maximum atomic E-state index is 4.09. The second kappa shape index (κ2) is 7.70. The molecule has 16 heavy (non-hydrogen) atoms. The molecular formula is C11H22N4S. The van der Waals surface area contributed by atoms with Gasteiger partial charge in [-0.25, -0.2) is 0 Å². The molecule has 2 N–H and O–H groups in total. The lowest BCUT2D eigenvalue weighted by Crippen LogP contribution is -2.29. The van der Waals surface area contributed by atoms with Crippen LogP contribution >= 0.6 is 11.5 Å². The van der Waals surface area contributed by atoms with Crippen molar-refractivity contribution in [2.75, 3.05) is 19.6 Å². The van der Waals surface area contributed by atoms with Crippen molar-refractivity contribution in [2.45, 2.75) is 33.7 Å². The topological polar surface area (TPSA) is 49.8 Å². The van der Waals surface area contributed by atoms with Gasteiger partial charge in [0, 0.05) is 19.6 Å². The summed E-state index contributed by atoms with van der Waals surface area (Å²) in [5, 5.41) is 10.9. The van der Waals surface area contributed by atoms with E-state index in [1.54, 1.807) is 0 Å². The Bertz CT molecular complexity index is 285. The zero-order valence-electron chi connectivity index (χ0n) is 10.4. The lowest BCUT2D eigenvalue weighted by Gasteiger charge is -2.07. The van der Waals surface area contributed by atoms with Gasteiger partial charge in [-0.05, 0) is 30.4 Å². The van der Waals surface area contributed by atoms with Crippen LogP contribution in [0.3, 0.4) is 0 Å². The van der Waals surface area contributed by atoms with Gasteiger partial charge in [0.05, 0.1) is 10.6 Å². The molecule has 0 saturated carbocycles. The van der Waals surface area contributed by atoms with Gasteiger partial charge < -0.3 is 10.6 Å². The van der Waals surface area contributed by atoms with Crippen LogP contribution in [0, 0.1) is 5.92 Å². The van der Waals surface area contributed by atoms with Crippen LogP contribution in [0.25, 0.3) is 0 Å². The van der Waals surface area contributed by atoms with Gasteiger partial charge in [0.25, 0.3) is 0 Å². The first kappa shape index (κ1) is 13.5. The molecule has 0 spiro atoms. The first-order valence-electron chi connectivity index (χ1n) is 5.95. The van der Waals surface area contributed by atoms with E-state index in [2.05, 4.69) is 41.0 Å². The van der Waals surface area contributed by atoms with Gasteiger partial charge in [0.1, 0.15) is 0 Å². The summed E-state index contributed by atoms with van der Waals surface area (Å²) in [7, 11) is 0. The minimum atomic E-state index is 0.720. The molecule has 0 saturated heterocycles. The van der Waals surface area contributed by atoms with Crippen molar-refractivity contribution in [1.82, 2.24) is 20.2 Å². The van der Waals surface area contributed by atoms with Crippen molar-refractivity contribution in [3.05, 3.63) is 10.6 Å². The molecular weight excluding hydrogens is 220 g/mol. The van der Waals surface area contributed by atoms with Crippen LogP contribution in [0.1, 0.15) is 31.3 Å². The van der Waals surface area contributed by atoms with E-state index < -0.39 is 0 Å². The van der Waals surface area contributed by atoms with E-state index in [4.69, 9.17) is 0 Å². The summed E-state index contributed by atoms with van der Waals surface area (Å²) in [5.74, 6) is 0.720. The second-order valence-electron chi connectivity index (χ2n) is 4.27. The minimum Gasteiger partial charge on any atom is -0.315 e. The number of nitrogens with zero attached hydrogens (tertiary/aromatic N) is 2. The molecule has 0 aromatic carbocycles. The molecule has 0 bridgehead atoms. The molecule has 92 valence electrons. The molecule has 0 fully saturated rings. The molecule has 1 aromatic rings. The average molecular weight is 242 g/mol. The molecule has 1 rings (SSSR count). The van der Waals surface area contributed by atoms with E-state index in [9.17, 15) is 0 Å². The minimum absolute atomic E-state index is 0.720. The summed E-state index contributed by atoms with van der Waals surface area (Å²) in [5.41, 5.74) is 1.13. The highest BCUT2D eigenvalue weighted by atomic mass is 32.1. The third kappa shape index (κ3) is 5.01. The van der Waals surface area contributed by atoms with Crippen molar-refractivity contribution in [3.8, 4) is 0 Å². The molecule has 0 atom stereocenters. The summed E-state index contributed by atoms with van der Waals surface area (Å²) in [6, 6.07) is 0. The molecule has 0 aliphatic rings. The fraction of sp³-hybridized carbons (Fsp3) is 0.818. The number of hydrogen-bond acceptors (Lipinski definition) is 5. The number of hydrogen-bond donors (Lipinski definition) is 2. The Morgan fingerprint density at radius 2 is 2.00 bits per heavy atom. The first-order chi connectivity index (χ1) is 7.74. The van der Waals surface area contributed by atoms with Crippen molar-refractivity contribution in [1.29, 1.82) is 0 Å². The smallest absolute Gasteiger partial charge is 0.0797 e. The van der Waals surface area contributed by atoms with Gasteiger partial charge in [-0.3, -0.25) is 0 Å². The van der Waals surface area contributed by atoms with Crippen LogP contribution in [0.5, 0.6) is 0 Å². The highest BCUT2D eigenvalue weighted by Crippen LogP contribution is 2.09. The fourth-order valence-corrected chi connectivity index (χ4v) is 2.09. The van der Waals surface area contributed by atoms with Gasteiger partial charge in [0.2, 0.25) is 0 Å². The Hall–Kier alpha value is -0.520. The molecule has 0 aliphatic carbocycles. The monoisotopic (exact) mass is 242 g/mol. The average Bonchev–Trinajstić information content (AvgIpc) is 2.70. The Balaban J connectivity index is 2.07. The standard InChI is InChI=1S/C11H22N4S/c1-4-10-11(16-15-14-10)8-13-6-5-12-7-9(2)3/h9,12-13H,4-8H2,1-3H3. The lowest BCUT2D eigenvalue weighted by molar-refractivity contribution is 0.536. The third-order valence-electron chi connectivity index (χ3n) is 2.29. The molecule has 0 unspecified atom stereocenters. The fourth-order valence-electron chi connectivity index (χ4n) is 1.40. The van der Waals surface area contributed by atoms with Crippen LogP contribution in [0.15, 0.2) is 0 Å². The van der Waals surface area contributed by atoms with Crippen LogP contribution in [0.2, 0.25) is 0 Å². The van der Waals surface area contributed by atoms with E-state index in [0.29, 0.717) is 0 Å². The van der Waals surface area contributed by atoms with Crippen molar-refractivity contribution >= 4 is 11.5 Å². The summed E-state index contributed by atoms with van der Waals surface area (Å²) in [4.78, 5) is 1.27. The zero-order valence-corrected chi connectivity index (χ0v) is 11.2. The lowest BCUT2D eigenvalue weighted by atomic mass is 10.2. The predicted molar refractivity (Wildman–Crippen MR) is 68.7 cm³/mol. The number of aromatic nitrogens is 2. The predicted octanol–water partition coefficient (Wildman–Crippen LogP) is 1.44. The summed E-state index contributed by atoms with van der Waals surface area (Å²) in [6.45, 7) is 10.5. The van der Waals surface area contributed by atoms with Crippen LogP contribution in [-0.2, 0) is 13.0 Å². The van der Waals surface area contributed by atoms with E-state index in [1.807, 2.05) is 0 Å². The second-order valence-corrected chi connectivity index (χ2v) is 5.11. The van der Waals surface area contributed by atoms with Crippen LogP contribution in [0.4, 0.5) is 0 Å². The Labute approximate surface area is 102 Å². The Morgan fingerprint density at radius 1 is 1.25 bits per heavy atom. The molecule has 1 aromatic heterocycles. The third-order valence-corrected chi connectivity index (χ3v) is 3.05. The van der Waals surface area contributed by atoms with E-state index >= 15 is 0 Å². The highest BCUT2D eigenvalue weighted by Gasteiger charge is 2.04. The molecule has 4 nitrogen and oxygen atoms in total. The highest BCUT2D eigenvalue weighted by molar-refractivity contribution is 7.05. The summed E-state index contributed by atoms with van der Waals surface area (Å²) >= 11 is 1.50. The van der Waals surface area contributed by atoms with E-state index in [1.165, 1.54) is 16.4 Å². The molecule has 0 aliphatic heterocycles. The Kier molecular flexibility index (Phi) is 6.52. The van der Waals surface area contributed by atoms with E-state index in [0.717, 1.165) is 44.2 Å². The quantitative estimate of drug-likeness (QED) is 0.677.